The lowest BCUT2D eigenvalue weighted by atomic mass is 10.0. The Morgan fingerprint density at radius 2 is 2.12 bits per heavy atom. The molecule has 1 aliphatic rings. The van der Waals surface area contributed by atoms with Crippen molar-refractivity contribution >= 4 is 11.7 Å². The molecular formula is C17H14N4O5. The minimum absolute atomic E-state index is 0.154. The largest absolute Gasteiger partial charge is 0.480 e. The summed E-state index contributed by atoms with van der Waals surface area (Å²) >= 11 is 0. The predicted molar refractivity (Wildman–Crippen MR) is 89.9 cm³/mol. The predicted octanol–water partition coefficient (Wildman–Crippen LogP) is 1.53. The molecular weight excluding hydrogens is 340 g/mol. The average Bonchev–Trinajstić information content (AvgIpc) is 3.18. The third kappa shape index (κ3) is 2.90. The third-order valence-electron chi connectivity index (χ3n) is 4.01. The summed E-state index contributed by atoms with van der Waals surface area (Å²) < 4.78 is 11.8. The van der Waals surface area contributed by atoms with Gasteiger partial charge < -0.3 is 19.6 Å². The first kappa shape index (κ1) is 15.9. The van der Waals surface area contributed by atoms with E-state index < -0.39 is 18.1 Å². The number of nitrogens with one attached hydrogen (secondary N) is 1. The van der Waals surface area contributed by atoms with Crippen LogP contribution >= 0.6 is 0 Å². The number of nitrogens with zero attached hydrogens (tertiary/aromatic N) is 3. The fraction of sp³-hybridized carbons (Fsp3) is 0.176. The number of anilines is 1. The first-order valence-electron chi connectivity index (χ1n) is 7.82. The molecule has 0 saturated carbocycles. The lowest BCUT2D eigenvalue weighted by molar-refractivity contribution is -0.137. The lowest BCUT2D eigenvalue weighted by Gasteiger charge is -2.26. The average molecular weight is 354 g/mol. The van der Waals surface area contributed by atoms with Crippen LogP contribution in [0.1, 0.15) is 11.6 Å². The van der Waals surface area contributed by atoms with Crippen LogP contribution < -0.4 is 15.6 Å². The van der Waals surface area contributed by atoms with Gasteiger partial charge in [-0.25, -0.2) is 9.97 Å². The Labute approximate surface area is 146 Å². The highest BCUT2D eigenvalue weighted by molar-refractivity contribution is 5.67. The monoisotopic (exact) mass is 354 g/mol. The molecule has 26 heavy (non-hydrogen) atoms. The number of ether oxygens (including phenoxy) is 1. The summed E-state index contributed by atoms with van der Waals surface area (Å²) in [6, 6.07) is 7.24. The molecule has 0 bridgehead atoms. The first-order chi connectivity index (χ1) is 12.6. The van der Waals surface area contributed by atoms with E-state index in [1.807, 2.05) is 24.3 Å². The molecule has 0 spiro atoms. The van der Waals surface area contributed by atoms with Gasteiger partial charge in [-0.3, -0.25) is 14.2 Å². The van der Waals surface area contributed by atoms with Crippen LogP contribution in [0.5, 0.6) is 5.88 Å². The van der Waals surface area contributed by atoms with Crippen LogP contribution in [0.4, 0.5) is 5.69 Å². The third-order valence-corrected chi connectivity index (χ3v) is 4.01. The fourth-order valence-corrected chi connectivity index (χ4v) is 2.75. The van der Waals surface area contributed by atoms with E-state index in [9.17, 15) is 9.59 Å². The van der Waals surface area contributed by atoms with Gasteiger partial charge in [0.25, 0.3) is 5.56 Å². The van der Waals surface area contributed by atoms with E-state index in [4.69, 9.17) is 14.3 Å². The van der Waals surface area contributed by atoms with E-state index in [2.05, 4.69) is 15.3 Å². The van der Waals surface area contributed by atoms with Gasteiger partial charge >= 0.3 is 5.97 Å². The molecule has 0 amide bonds. The Kier molecular flexibility index (Phi) is 3.88. The normalized spacial score (nSPS) is 15.6. The number of rotatable bonds is 4. The van der Waals surface area contributed by atoms with E-state index in [1.165, 1.54) is 12.6 Å². The summed E-state index contributed by atoms with van der Waals surface area (Å²) in [5, 5.41) is 12.0. The summed E-state index contributed by atoms with van der Waals surface area (Å²) in [5.41, 5.74) is 1.40. The Bertz CT molecular complexity index is 995. The number of hydrogen-bond donors (Lipinski definition) is 2. The standard InChI is InChI=1S/C17H14N4O5/c22-13(23)7-21-9-19-16-14(17(21)24)20-12(8-26-16)10-1-3-11(4-2-10)15-18-5-6-25-15/h1-6,9,12,20H,7-8H2,(H,22,23)/t12-/m0/s1. The number of aromatic nitrogens is 3. The molecule has 0 fully saturated rings. The number of benzene rings is 1. The summed E-state index contributed by atoms with van der Waals surface area (Å²) in [5.74, 6) is -0.427. The molecule has 1 atom stereocenters. The first-order valence-corrected chi connectivity index (χ1v) is 7.82. The maximum Gasteiger partial charge on any atom is 0.323 e. The molecule has 0 unspecified atom stereocenters. The van der Waals surface area contributed by atoms with Gasteiger partial charge in [-0.2, -0.15) is 0 Å². The van der Waals surface area contributed by atoms with Crippen LogP contribution in [0.3, 0.4) is 0 Å². The quantitative estimate of drug-likeness (QED) is 0.724. The van der Waals surface area contributed by atoms with E-state index in [0.717, 1.165) is 15.7 Å². The van der Waals surface area contributed by atoms with E-state index in [-0.39, 0.29) is 17.6 Å². The Balaban J connectivity index is 1.60. The molecule has 0 radical (unpaired) electrons. The van der Waals surface area contributed by atoms with Crippen molar-refractivity contribution in [2.45, 2.75) is 12.6 Å². The molecule has 9 nitrogen and oxygen atoms in total. The highest BCUT2D eigenvalue weighted by atomic mass is 16.5. The van der Waals surface area contributed by atoms with Crippen molar-refractivity contribution in [1.82, 2.24) is 14.5 Å². The molecule has 2 aromatic heterocycles. The Morgan fingerprint density at radius 1 is 1.31 bits per heavy atom. The summed E-state index contributed by atoms with van der Waals surface area (Å²) in [6.45, 7) is -0.170. The van der Waals surface area contributed by atoms with Gasteiger partial charge in [-0.05, 0) is 17.7 Å². The van der Waals surface area contributed by atoms with Crippen molar-refractivity contribution in [2.24, 2.45) is 0 Å². The summed E-state index contributed by atoms with van der Waals surface area (Å²) in [4.78, 5) is 31.4. The van der Waals surface area contributed by atoms with Gasteiger partial charge in [0.2, 0.25) is 11.8 Å². The van der Waals surface area contributed by atoms with Crippen LogP contribution in [0, 0.1) is 0 Å². The van der Waals surface area contributed by atoms with Gasteiger partial charge in [-0.15, -0.1) is 0 Å². The van der Waals surface area contributed by atoms with Crippen molar-refractivity contribution in [1.29, 1.82) is 0 Å². The molecule has 3 aromatic rings. The van der Waals surface area contributed by atoms with Gasteiger partial charge in [0, 0.05) is 5.56 Å². The van der Waals surface area contributed by atoms with Crippen LogP contribution in [-0.2, 0) is 11.3 Å². The van der Waals surface area contributed by atoms with E-state index >= 15 is 0 Å². The second kappa shape index (κ2) is 6.36. The zero-order valence-electron chi connectivity index (χ0n) is 13.5. The van der Waals surface area contributed by atoms with Crippen molar-refractivity contribution < 1.29 is 19.1 Å². The number of aliphatic carboxylic acids is 1. The second-order valence-electron chi connectivity index (χ2n) is 5.72. The smallest absolute Gasteiger partial charge is 0.323 e. The molecule has 132 valence electrons. The molecule has 0 saturated heterocycles. The van der Waals surface area contributed by atoms with Crippen LogP contribution in [0.2, 0.25) is 0 Å². The molecule has 4 rings (SSSR count). The number of oxazole rings is 1. The minimum atomic E-state index is -1.12. The molecule has 9 heteroatoms. The number of hydrogen-bond acceptors (Lipinski definition) is 7. The highest BCUT2D eigenvalue weighted by Gasteiger charge is 2.25. The molecule has 1 aromatic carbocycles. The summed E-state index contributed by atoms with van der Waals surface area (Å²) in [7, 11) is 0. The second-order valence-corrected chi connectivity index (χ2v) is 5.72. The zero-order chi connectivity index (χ0) is 18.1. The molecule has 0 aliphatic carbocycles. The van der Waals surface area contributed by atoms with Crippen molar-refractivity contribution in [3.63, 3.8) is 0 Å². The van der Waals surface area contributed by atoms with Gasteiger partial charge in [0.05, 0.1) is 12.2 Å². The highest BCUT2D eigenvalue weighted by Crippen LogP contribution is 2.30. The van der Waals surface area contributed by atoms with E-state index in [0.29, 0.717) is 12.5 Å². The number of carboxylic acid groups (broad SMARTS) is 1. The number of carbonyl (C=O) groups is 1. The van der Waals surface area contributed by atoms with Gasteiger partial charge in [-0.1, -0.05) is 12.1 Å². The van der Waals surface area contributed by atoms with Crippen molar-refractivity contribution in [2.75, 3.05) is 11.9 Å². The maximum absolute atomic E-state index is 12.4. The number of carboxylic acids is 1. The van der Waals surface area contributed by atoms with Crippen LogP contribution in [0.25, 0.3) is 11.5 Å². The Hall–Kier alpha value is -3.62. The van der Waals surface area contributed by atoms with Crippen LogP contribution in [-0.4, -0.2) is 32.2 Å². The molecule has 2 N–H and O–H groups in total. The zero-order valence-corrected chi connectivity index (χ0v) is 13.5. The molecule has 3 heterocycles. The van der Waals surface area contributed by atoms with Gasteiger partial charge in [0.1, 0.15) is 25.7 Å². The SMILES string of the molecule is O=C(O)Cn1cnc2c(c1=O)N[C@H](c1ccc(-c3ncco3)cc1)CO2. The van der Waals surface area contributed by atoms with Crippen molar-refractivity contribution in [3.8, 4) is 17.3 Å². The lowest BCUT2D eigenvalue weighted by Crippen LogP contribution is -2.33. The number of fused-ring (bicyclic) bond motifs is 1. The fourth-order valence-electron chi connectivity index (χ4n) is 2.75. The van der Waals surface area contributed by atoms with Crippen molar-refractivity contribution in [3.05, 3.63) is 59.0 Å². The summed E-state index contributed by atoms with van der Waals surface area (Å²) in [6.07, 6.45) is 4.25. The Morgan fingerprint density at radius 3 is 2.81 bits per heavy atom. The molecule has 1 aliphatic heterocycles. The van der Waals surface area contributed by atoms with Gasteiger partial charge in [0.15, 0.2) is 5.69 Å². The maximum atomic E-state index is 12.4. The van der Waals surface area contributed by atoms with Crippen LogP contribution in [0.15, 0.2) is 52.3 Å². The minimum Gasteiger partial charge on any atom is -0.480 e. The van der Waals surface area contributed by atoms with E-state index in [1.54, 1.807) is 6.20 Å². The topological polar surface area (TPSA) is 119 Å².